The number of allylic oxidation sites excluding steroid dienone is 3. The van der Waals surface area contributed by atoms with Crippen LogP contribution in [0.3, 0.4) is 0 Å². The first-order chi connectivity index (χ1) is 13.1. The van der Waals surface area contributed by atoms with Crippen LogP contribution in [0.5, 0.6) is 0 Å². The molecule has 6 heteroatoms. The minimum atomic E-state index is -0.376. The van der Waals surface area contributed by atoms with Crippen molar-refractivity contribution in [3.8, 4) is 0 Å². The smallest absolute Gasteiger partial charge is 0.417 e. The van der Waals surface area contributed by atoms with Crippen molar-refractivity contribution in [3.05, 3.63) is 36.3 Å². The third kappa shape index (κ3) is 5.15. The van der Waals surface area contributed by atoms with Crippen molar-refractivity contribution < 1.29 is 14.3 Å². The highest BCUT2D eigenvalue weighted by Crippen LogP contribution is 2.31. The molecule has 1 aliphatic carbocycles. The molecule has 0 spiro atoms. The molecule has 6 nitrogen and oxygen atoms in total. The molecule has 0 unspecified atom stereocenters. The van der Waals surface area contributed by atoms with Crippen molar-refractivity contribution >= 4 is 12.0 Å². The molecule has 0 N–H and O–H groups in total. The second kappa shape index (κ2) is 9.11. The van der Waals surface area contributed by atoms with Gasteiger partial charge in [0.05, 0.1) is 6.61 Å². The molecule has 2 heterocycles. The summed E-state index contributed by atoms with van der Waals surface area (Å²) in [4.78, 5) is 30.5. The number of nitrogens with zero attached hydrogens (tertiary/aromatic N) is 3. The fraction of sp³-hybridized carbons (Fsp3) is 0.619. The Morgan fingerprint density at radius 2 is 1.89 bits per heavy atom. The second-order valence-corrected chi connectivity index (χ2v) is 7.44. The number of hydrogen-bond acceptors (Lipinski definition) is 4. The van der Waals surface area contributed by atoms with Crippen LogP contribution in [0.25, 0.3) is 0 Å². The van der Waals surface area contributed by atoms with E-state index in [1.54, 1.807) is 19.3 Å². The van der Waals surface area contributed by atoms with Gasteiger partial charge in [0, 0.05) is 50.2 Å². The predicted molar refractivity (Wildman–Crippen MR) is 104 cm³/mol. The summed E-state index contributed by atoms with van der Waals surface area (Å²) in [5.74, 6) is 1.22. The SMILES string of the molecule is CCOC(=O)N1C=CC=C(N2CCC(C(=O)N(CC)CC3CC3)CC2)C=C1. The fourth-order valence-electron chi connectivity index (χ4n) is 3.66. The van der Waals surface area contributed by atoms with E-state index >= 15 is 0 Å². The molecule has 1 saturated heterocycles. The second-order valence-electron chi connectivity index (χ2n) is 7.44. The zero-order valence-corrected chi connectivity index (χ0v) is 16.5. The van der Waals surface area contributed by atoms with Crippen LogP contribution in [0.2, 0.25) is 0 Å². The predicted octanol–water partition coefficient (Wildman–Crippen LogP) is 3.34. The molecule has 0 aromatic heterocycles. The van der Waals surface area contributed by atoms with Crippen molar-refractivity contribution in [2.75, 3.05) is 32.8 Å². The molecule has 3 aliphatic rings. The summed E-state index contributed by atoms with van der Waals surface area (Å²) in [6, 6.07) is 0. The van der Waals surface area contributed by atoms with Gasteiger partial charge in [-0.25, -0.2) is 4.79 Å². The highest BCUT2D eigenvalue weighted by Gasteiger charge is 2.31. The van der Waals surface area contributed by atoms with Crippen molar-refractivity contribution in [2.24, 2.45) is 11.8 Å². The van der Waals surface area contributed by atoms with E-state index in [-0.39, 0.29) is 12.0 Å². The molecule has 3 rings (SSSR count). The van der Waals surface area contributed by atoms with E-state index in [1.807, 2.05) is 18.2 Å². The zero-order chi connectivity index (χ0) is 19.2. The molecule has 0 atom stereocenters. The Hall–Kier alpha value is -2.24. The lowest BCUT2D eigenvalue weighted by atomic mass is 9.94. The summed E-state index contributed by atoms with van der Waals surface area (Å²) in [6.45, 7) is 7.71. The Labute approximate surface area is 162 Å². The molecule has 2 amide bonds. The standard InChI is InChI=1S/C21H31N3O3/c1-3-22(16-17-7-8-17)20(25)18-9-13-23(14-10-18)19-6-5-12-24(15-11-19)21(26)27-4-2/h5-6,11-12,15,17-18H,3-4,7-10,13-14,16H2,1-2H3. The lowest BCUT2D eigenvalue weighted by Gasteiger charge is -2.35. The lowest BCUT2D eigenvalue weighted by molar-refractivity contribution is -0.137. The van der Waals surface area contributed by atoms with Gasteiger partial charge in [-0.1, -0.05) is 0 Å². The van der Waals surface area contributed by atoms with Gasteiger partial charge in [0.2, 0.25) is 5.91 Å². The van der Waals surface area contributed by atoms with E-state index in [9.17, 15) is 9.59 Å². The van der Waals surface area contributed by atoms with E-state index in [2.05, 4.69) is 16.7 Å². The van der Waals surface area contributed by atoms with E-state index in [4.69, 9.17) is 4.74 Å². The molecular formula is C21H31N3O3. The number of rotatable bonds is 6. The van der Waals surface area contributed by atoms with Gasteiger partial charge in [-0.3, -0.25) is 9.69 Å². The molecule has 0 aromatic rings. The Morgan fingerprint density at radius 3 is 2.52 bits per heavy atom. The average Bonchev–Trinajstić information content (AvgIpc) is 3.52. The number of hydrogen-bond donors (Lipinski definition) is 0. The van der Waals surface area contributed by atoms with Crippen molar-refractivity contribution in [1.29, 1.82) is 0 Å². The van der Waals surface area contributed by atoms with Crippen LogP contribution in [-0.2, 0) is 9.53 Å². The van der Waals surface area contributed by atoms with Gasteiger partial charge in [0.25, 0.3) is 0 Å². The Kier molecular flexibility index (Phi) is 6.58. The third-order valence-electron chi connectivity index (χ3n) is 5.48. The first kappa shape index (κ1) is 19.5. The first-order valence-corrected chi connectivity index (χ1v) is 10.2. The van der Waals surface area contributed by atoms with Crippen molar-refractivity contribution in [2.45, 2.75) is 39.5 Å². The van der Waals surface area contributed by atoms with Crippen LogP contribution in [0.15, 0.2) is 36.3 Å². The Balaban J connectivity index is 1.52. The normalized spacial score (nSPS) is 20.3. The Morgan fingerprint density at radius 1 is 1.15 bits per heavy atom. The molecule has 148 valence electrons. The van der Waals surface area contributed by atoms with Gasteiger partial charge in [-0.05, 0) is 63.7 Å². The zero-order valence-electron chi connectivity index (χ0n) is 16.5. The fourth-order valence-corrected chi connectivity index (χ4v) is 3.66. The monoisotopic (exact) mass is 373 g/mol. The van der Waals surface area contributed by atoms with Crippen molar-refractivity contribution in [1.82, 2.24) is 14.7 Å². The average molecular weight is 373 g/mol. The maximum Gasteiger partial charge on any atom is 0.417 e. The number of likely N-dealkylation sites (tertiary alicyclic amines) is 1. The number of carbonyl (C=O) groups excluding carboxylic acids is 2. The Bertz CT molecular complexity index is 629. The molecule has 0 radical (unpaired) electrons. The summed E-state index contributed by atoms with van der Waals surface area (Å²) >= 11 is 0. The van der Waals surface area contributed by atoms with Crippen LogP contribution in [0, 0.1) is 11.8 Å². The number of ether oxygens (including phenoxy) is 1. The van der Waals surface area contributed by atoms with Crippen molar-refractivity contribution in [3.63, 3.8) is 0 Å². The summed E-state index contributed by atoms with van der Waals surface area (Å²) in [6.07, 6.45) is 13.2. The van der Waals surface area contributed by atoms with E-state index in [1.165, 1.54) is 17.7 Å². The van der Waals surface area contributed by atoms with Gasteiger partial charge >= 0.3 is 6.09 Å². The maximum atomic E-state index is 12.8. The topological polar surface area (TPSA) is 53.1 Å². The summed E-state index contributed by atoms with van der Waals surface area (Å²) in [5.41, 5.74) is 1.06. The number of carbonyl (C=O) groups is 2. The number of piperidine rings is 1. The maximum absolute atomic E-state index is 12.8. The minimum Gasteiger partial charge on any atom is -0.449 e. The van der Waals surface area contributed by atoms with Gasteiger partial charge < -0.3 is 14.5 Å². The summed E-state index contributed by atoms with van der Waals surface area (Å²) < 4.78 is 5.03. The molecule has 0 aromatic carbocycles. The van der Waals surface area contributed by atoms with Crippen LogP contribution in [0.4, 0.5) is 4.79 Å². The van der Waals surface area contributed by atoms with E-state index in [0.717, 1.165) is 50.6 Å². The van der Waals surface area contributed by atoms with E-state index in [0.29, 0.717) is 12.5 Å². The molecule has 2 aliphatic heterocycles. The molecular weight excluding hydrogens is 342 g/mol. The number of amides is 2. The van der Waals surface area contributed by atoms with Gasteiger partial charge in [-0.2, -0.15) is 0 Å². The van der Waals surface area contributed by atoms with Crippen LogP contribution >= 0.6 is 0 Å². The summed E-state index contributed by atoms with van der Waals surface area (Å²) in [5, 5.41) is 0. The largest absolute Gasteiger partial charge is 0.449 e. The van der Waals surface area contributed by atoms with Crippen LogP contribution in [0.1, 0.15) is 39.5 Å². The first-order valence-electron chi connectivity index (χ1n) is 10.2. The van der Waals surface area contributed by atoms with Gasteiger partial charge in [0.15, 0.2) is 0 Å². The molecule has 2 fully saturated rings. The molecule has 27 heavy (non-hydrogen) atoms. The summed E-state index contributed by atoms with van der Waals surface area (Å²) in [7, 11) is 0. The highest BCUT2D eigenvalue weighted by molar-refractivity contribution is 5.79. The van der Waals surface area contributed by atoms with Gasteiger partial charge in [-0.15, -0.1) is 0 Å². The third-order valence-corrected chi connectivity index (χ3v) is 5.48. The van der Waals surface area contributed by atoms with Crippen LogP contribution in [-0.4, -0.2) is 59.5 Å². The molecule has 1 saturated carbocycles. The molecule has 0 bridgehead atoms. The highest BCUT2D eigenvalue weighted by atomic mass is 16.5. The van der Waals surface area contributed by atoms with E-state index < -0.39 is 0 Å². The quantitative estimate of drug-likeness (QED) is 0.717. The van der Waals surface area contributed by atoms with Crippen LogP contribution < -0.4 is 0 Å². The van der Waals surface area contributed by atoms with Gasteiger partial charge in [0.1, 0.15) is 0 Å². The minimum absolute atomic E-state index is 0.141. The lowest BCUT2D eigenvalue weighted by Crippen LogP contribution is -2.42.